The number of Topliss-reactive ketones (excluding diaryl/α,β-unsaturated/α-hetero) is 1. The zero-order chi connectivity index (χ0) is 18.2. The highest BCUT2D eigenvalue weighted by Gasteiger charge is 2.19. The Morgan fingerprint density at radius 3 is 2.04 bits per heavy atom. The van der Waals surface area contributed by atoms with Gasteiger partial charge in [0, 0.05) is 17.2 Å². The molecule has 0 spiro atoms. The standard InChI is InChI=1S/C21H22N2O3/c24-20(17-12-6-2-7-13-17)19(16-10-4-1-5-11-16)23-26-21(25)22-18-14-8-3-9-15-18/h1-2,4-7,10-13,18H,3,8-9,14-15H2,(H,22,25)/b23-19+. The summed E-state index contributed by atoms with van der Waals surface area (Å²) in [6.07, 6.45) is 4.70. The Morgan fingerprint density at radius 1 is 0.846 bits per heavy atom. The monoisotopic (exact) mass is 350 g/mol. The van der Waals surface area contributed by atoms with E-state index in [0.717, 1.165) is 25.7 Å². The first-order chi connectivity index (χ1) is 12.7. The average Bonchev–Trinajstić information content (AvgIpc) is 2.70. The first kappa shape index (κ1) is 17.9. The van der Waals surface area contributed by atoms with Gasteiger partial charge in [0.15, 0.2) is 5.71 Å². The van der Waals surface area contributed by atoms with E-state index in [4.69, 9.17) is 4.84 Å². The fraction of sp³-hybridized carbons (Fsp3) is 0.286. The van der Waals surface area contributed by atoms with Gasteiger partial charge in [-0.3, -0.25) is 9.63 Å². The Labute approximate surface area is 153 Å². The highest BCUT2D eigenvalue weighted by Crippen LogP contribution is 2.17. The van der Waals surface area contributed by atoms with Gasteiger partial charge in [0.2, 0.25) is 5.78 Å². The number of amides is 1. The number of rotatable bonds is 5. The molecule has 26 heavy (non-hydrogen) atoms. The van der Waals surface area contributed by atoms with Crippen molar-refractivity contribution in [2.24, 2.45) is 5.16 Å². The van der Waals surface area contributed by atoms with Crippen LogP contribution in [0.1, 0.15) is 48.0 Å². The second-order valence-corrected chi connectivity index (χ2v) is 6.36. The van der Waals surface area contributed by atoms with E-state index in [0.29, 0.717) is 11.1 Å². The molecule has 0 saturated heterocycles. The van der Waals surface area contributed by atoms with Crippen molar-refractivity contribution in [3.8, 4) is 0 Å². The third kappa shape index (κ3) is 4.79. The molecule has 1 aliphatic carbocycles. The van der Waals surface area contributed by atoms with E-state index in [-0.39, 0.29) is 17.5 Å². The summed E-state index contributed by atoms with van der Waals surface area (Å²) in [5.41, 5.74) is 1.20. The molecule has 2 aromatic rings. The summed E-state index contributed by atoms with van der Waals surface area (Å²) in [7, 11) is 0. The summed E-state index contributed by atoms with van der Waals surface area (Å²) in [6.45, 7) is 0. The second-order valence-electron chi connectivity index (χ2n) is 6.36. The van der Waals surface area contributed by atoms with E-state index in [9.17, 15) is 9.59 Å². The van der Waals surface area contributed by atoms with Gasteiger partial charge in [-0.1, -0.05) is 85.1 Å². The Bertz CT molecular complexity index is 766. The molecule has 0 aromatic heterocycles. The van der Waals surface area contributed by atoms with Crippen LogP contribution in [0.2, 0.25) is 0 Å². The number of hydrogen-bond donors (Lipinski definition) is 1. The lowest BCUT2D eigenvalue weighted by atomic mass is 9.96. The minimum Gasteiger partial charge on any atom is -0.317 e. The first-order valence-electron chi connectivity index (χ1n) is 8.95. The fourth-order valence-corrected chi connectivity index (χ4v) is 3.07. The molecule has 0 unspecified atom stereocenters. The van der Waals surface area contributed by atoms with Crippen LogP contribution in [0.3, 0.4) is 0 Å². The highest BCUT2D eigenvalue weighted by atomic mass is 16.7. The predicted molar refractivity (Wildman–Crippen MR) is 100 cm³/mol. The molecule has 1 amide bonds. The smallest absolute Gasteiger partial charge is 0.317 e. The van der Waals surface area contributed by atoms with Crippen molar-refractivity contribution >= 4 is 17.6 Å². The largest absolute Gasteiger partial charge is 0.433 e. The zero-order valence-corrected chi connectivity index (χ0v) is 14.6. The second kappa shape index (κ2) is 8.94. The maximum atomic E-state index is 12.8. The van der Waals surface area contributed by atoms with Crippen molar-refractivity contribution in [1.82, 2.24) is 5.32 Å². The summed E-state index contributed by atoms with van der Waals surface area (Å²) in [4.78, 5) is 29.9. The number of carbonyl (C=O) groups excluding carboxylic acids is 2. The number of carbonyl (C=O) groups is 2. The fourth-order valence-electron chi connectivity index (χ4n) is 3.07. The van der Waals surface area contributed by atoms with Gasteiger partial charge in [-0.05, 0) is 12.8 Å². The number of oxime groups is 1. The molecule has 3 rings (SSSR count). The molecule has 1 saturated carbocycles. The van der Waals surface area contributed by atoms with Crippen molar-refractivity contribution in [2.45, 2.75) is 38.1 Å². The van der Waals surface area contributed by atoms with Crippen LogP contribution in [0.5, 0.6) is 0 Å². The molecule has 0 aliphatic heterocycles. The third-order valence-corrected chi connectivity index (χ3v) is 4.45. The van der Waals surface area contributed by atoms with Crippen LogP contribution in [-0.2, 0) is 4.84 Å². The molecule has 134 valence electrons. The van der Waals surface area contributed by atoms with E-state index in [1.54, 1.807) is 36.4 Å². The van der Waals surface area contributed by atoms with E-state index in [1.807, 2.05) is 24.3 Å². The van der Waals surface area contributed by atoms with E-state index >= 15 is 0 Å². The van der Waals surface area contributed by atoms with Gasteiger partial charge in [0.25, 0.3) is 0 Å². The lowest BCUT2D eigenvalue weighted by molar-refractivity contribution is 0.105. The topological polar surface area (TPSA) is 67.8 Å². The van der Waals surface area contributed by atoms with Crippen LogP contribution >= 0.6 is 0 Å². The lowest BCUT2D eigenvalue weighted by Crippen LogP contribution is -2.36. The molecule has 5 heteroatoms. The van der Waals surface area contributed by atoms with Crippen LogP contribution in [0.15, 0.2) is 65.8 Å². The van der Waals surface area contributed by atoms with Gasteiger partial charge < -0.3 is 5.32 Å². The maximum Gasteiger partial charge on any atom is 0.433 e. The van der Waals surface area contributed by atoms with Crippen LogP contribution < -0.4 is 5.32 Å². The minimum absolute atomic E-state index is 0.107. The normalized spacial score (nSPS) is 15.3. The number of benzene rings is 2. The highest BCUT2D eigenvalue weighted by molar-refractivity contribution is 6.51. The predicted octanol–water partition coefficient (Wildman–Crippen LogP) is 4.33. The molecular weight excluding hydrogens is 328 g/mol. The van der Waals surface area contributed by atoms with Gasteiger partial charge in [0.05, 0.1) is 0 Å². The van der Waals surface area contributed by atoms with Gasteiger partial charge in [-0.15, -0.1) is 0 Å². The number of nitrogens with one attached hydrogen (secondary N) is 1. The Morgan fingerprint density at radius 2 is 1.42 bits per heavy atom. The van der Waals surface area contributed by atoms with E-state index in [2.05, 4.69) is 10.5 Å². The van der Waals surface area contributed by atoms with Crippen molar-refractivity contribution < 1.29 is 14.4 Å². The van der Waals surface area contributed by atoms with Crippen LogP contribution in [-0.4, -0.2) is 23.6 Å². The van der Waals surface area contributed by atoms with E-state index < -0.39 is 6.09 Å². The minimum atomic E-state index is -0.619. The molecular formula is C21H22N2O3. The van der Waals surface area contributed by atoms with Crippen LogP contribution in [0, 0.1) is 0 Å². The van der Waals surface area contributed by atoms with Crippen molar-refractivity contribution in [2.75, 3.05) is 0 Å². The van der Waals surface area contributed by atoms with Crippen LogP contribution in [0.25, 0.3) is 0 Å². The Balaban J connectivity index is 1.75. The molecule has 1 N–H and O–H groups in total. The molecule has 1 aliphatic rings. The molecule has 1 fully saturated rings. The summed E-state index contributed by atoms with van der Waals surface area (Å²) >= 11 is 0. The molecule has 0 bridgehead atoms. The number of hydrogen-bond acceptors (Lipinski definition) is 4. The molecule has 5 nitrogen and oxygen atoms in total. The average molecular weight is 350 g/mol. The SMILES string of the molecule is O=C(NC1CCCCC1)O/N=C(/C(=O)c1ccccc1)c1ccccc1. The van der Waals surface area contributed by atoms with Crippen molar-refractivity contribution in [3.63, 3.8) is 0 Å². The third-order valence-electron chi connectivity index (χ3n) is 4.45. The van der Waals surface area contributed by atoms with Crippen molar-refractivity contribution in [1.29, 1.82) is 0 Å². The van der Waals surface area contributed by atoms with Gasteiger partial charge in [-0.25, -0.2) is 4.79 Å². The Kier molecular flexibility index (Phi) is 6.14. The molecule has 2 aromatic carbocycles. The van der Waals surface area contributed by atoms with Gasteiger partial charge in [0.1, 0.15) is 0 Å². The zero-order valence-electron chi connectivity index (χ0n) is 14.6. The number of ketones is 1. The first-order valence-corrected chi connectivity index (χ1v) is 8.95. The van der Waals surface area contributed by atoms with E-state index in [1.165, 1.54) is 6.42 Å². The lowest BCUT2D eigenvalue weighted by Gasteiger charge is -2.21. The van der Waals surface area contributed by atoms with Crippen molar-refractivity contribution in [3.05, 3.63) is 71.8 Å². The van der Waals surface area contributed by atoms with Gasteiger partial charge >= 0.3 is 6.09 Å². The van der Waals surface area contributed by atoms with Crippen LogP contribution in [0.4, 0.5) is 4.79 Å². The molecule has 0 atom stereocenters. The van der Waals surface area contributed by atoms with Gasteiger partial charge in [-0.2, -0.15) is 0 Å². The summed E-state index contributed by atoms with van der Waals surface area (Å²) in [5, 5.41) is 6.72. The maximum absolute atomic E-state index is 12.8. The summed E-state index contributed by atoms with van der Waals surface area (Å²) < 4.78 is 0. The number of nitrogens with zero attached hydrogens (tertiary/aromatic N) is 1. The Hall–Kier alpha value is -2.95. The summed E-state index contributed by atoms with van der Waals surface area (Å²) in [5.74, 6) is -0.290. The quantitative estimate of drug-likeness (QED) is 0.378. The summed E-state index contributed by atoms with van der Waals surface area (Å²) in [6, 6.07) is 18.0. The molecule has 0 heterocycles. The molecule has 0 radical (unpaired) electrons.